The summed E-state index contributed by atoms with van der Waals surface area (Å²) in [6.07, 6.45) is 0. The molecule has 2 nitrogen and oxygen atoms in total. The van der Waals surface area contributed by atoms with E-state index in [1.165, 1.54) is 7.11 Å². The van der Waals surface area contributed by atoms with E-state index in [9.17, 15) is 0 Å². The summed E-state index contributed by atoms with van der Waals surface area (Å²) in [5.74, 6) is -0.0287. The molecule has 0 atom stereocenters. The summed E-state index contributed by atoms with van der Waals surface area (Å²) >= 11 is 0. The van der Waals surface area contributed by atoms with E-state index < -0.39 is 0 Å². The van der Waals surface area contributed by atoms with E-state index in [2.05, 4.69) is 5.32 Å². The molecule has 0 amide bonds. The average Bonchev–Trinajstić information content (AvgIpc) is 2.17. The van der Waals surface area contributed by atoms with Crippen LogP contribution in [-0.4, -0.2) is 14.2 Å². The quantitative estimate of drug-likeness (QED) is 0.677. The second kappa shape index (κ2) is 3.11. The van der Waals surface area contributed by atoms with Crippen molar-refractivity contribution >= 4 is 5.69 Å². The van der Waals surface area contributed by atoms with E-state index in [1.54, 1.807) is 7.05 Å². The van der Waals surface area contributed by atoms with Crippen molar-refractivity contribution in [2.45, 2.75) is 0 Å². The third-order valence-corrected chi connectivity index (χ3v) is 1.06. The molecule has 1 N–H and O–H groups in total. The maximum atomic E-state index is 7.54. The third-order valence-electron chi connectivity index (χ3n) is 1.06. The Morgan fingerprint density at radius 2 is 2.00 bits per heavy atom. The van der Waals surface area contributed by atoms with Gasteiger partial charge < -0.3 is 10.1 Å². The van der Waals surface area contributed by atoms with Crippen LogP contribution >= 0.6 is 0 Å². The highest BCUT2D eigenvalue weighted by atomic mass is 16.5. The summed E-state index contributed by atoms with van der Waals surface area (Å²) in [4.78, 5) is 0. The van der Waals surface area contributed by atoms with Crippen molar-refractivity contribution in [1.82, 2.24) is 0 Å². The fraction of sp³-hybridized carbons (Fsp3) is 0.250. The molecule has 1 rings (SSSR count). The van der Waals surface area contributed by atoms with Crippen molar-refractivity contribution in [3.05, 3.63) is 24.2 Å². The van der Waals surface area contributed by atoms with Crippen LogP contribution in [0.3, 0.4) is 0 Å². The zero-order valence-corrected chi connectivity index (χ0v) is 5.91. The van der Waals surface area contributed by atoms with Crippen LogP contribution in [0.2, 0.25) is 0 Å². The molecule has 0 fully saturated rings. The largest absolute Gasteiger partial charge is 0.497 e. The van der Waals surface area contributed by atoms with Crippen LogP contribution in [0.4, 0.5) is 5.69 Å². The lowest BCUT2D eigenvalue weighted by atomic mass is 10.3. The Labute approximate surface area is 66.4 Å². The molecule has 0 aliphatic carbocycles. The Hall–Kier alpha value is -1.18. The minimum absolute atomic E-state index is 0.0287. The molecule has 0 aromatic heterocycles. The van der Waals surface area contributed by atoms with Crippen LogP contribution in [0, 0.1) is 0 Å². The van der Waals surface area contributed by atoms with Gasteiger partial charge in [-0.05, 0) is 24.2 Å². The van der Waals surface area contributed by atoms with Gasteiger partial charge in [-0.25, -0.2) is 0 Å². The zero-order valence-electron chi connectivity index (χ0n) is 9.91. The first-order valence-electron chi connectivity index (χ1n) is 4.86. The molecule has 1 aromatic rings. The van der Waals surface area contributed by atoms with E-state index in [1.807, 2.05) is 0 Å². The van der Waals surface area contributed by atoms with Crippen molar-refractivity contribution in [2.75, 3.05) is 19.5 Å². The number of rotatable bonds is 2. The Morgan fingerprint density at radius 3 is 2.40 bits per heavy atom. The molecular formula is C8H11NO. The molecule has 0 saturated heterocycles. The molecule has 0 spiro atoms. The number of nitrogens with one attached hydrogen (secondary N) is 1. The second-order valence-electron chi connectivity index (χ2n) is 1.66. The minimum atomic E-state index is -0.169. The third kappa shape index (κ3) is 1.41. The van der Waals surface area contributed by atoms with Gasteiger partial charge in [0, 0.05) is 12.7 Å². The SMILES string of the molecule is [2H]c1c([2H])c(OC)c([2H])c([2H])c1NC. The number of hydrogen-bond donors (Lipinski definition) is 1. The van der Waals surface area contributed by atoms with Gasteiger partial charge in [-0.1, -0.05) is 0 Å². The van der Waals surface area contributed by atoms with Gasteiger partial charge in [0.05, 0.1) is 12.6 Å². The van der Waals surface area contributed by atoms with Crippen LogP contribution in [0.1, 0.15) is 5.48 Å². The second-order valence-corrected chi connectivity index (χ2v) is 1.66. The Kier molecular flexibility index (Phi) is 1.02. The fourth-order valence-electron chi connectivity index (χ4n) is 0.528. The molecule has 0 saturated carbocycles. The Balaban J connectivity index is 3.55. The van der Waals surface area contributed by atoms with Crippen LogP contribution in [-0.2, 0) is 0 Å². The standard InChI is InChI=1S/C8H11NO/c1-9-7-3-5-8(10-2)6-4-7/h3-6,9H,1-2H3/i3D,4D,5D,6D. The topological polar surface area (TPSA) is 21.3 Å². The normalized spacial score (nSPS) is 14.6. The van der Waals surface area contributed by atoms with Crippen molar-refractivity contribution in [3.63, 3.8) is 0 Å². The summed E-state index contributed by atoms with van der Waals surface area (Å²) in [6.45, 7) is 0. The maximum Gasteiger partial charge on any atom is 0.119 e. The van der Waals surface area contributed by atoms with E-state index in [4.69, 9.17) is 10.2 Å². The van der Waals surface area contributed by atoms with Crippen LogP contribution in [0.5, 0.6) is 5.75 Å². The van der Waals surface area contributed by atoms with Gasteiger partial charge in [-0.15, -0.1) is 0 Å². The molecule has 0 aliphatic heterocycles. The zero-order chi connectivity index (χ0) is 10.9. The van der Waals surface area contributed by atoms with E-state index in [0.29, 0.717) is 0 Å². The highest BCUT2D eigenvalue weighted by Gasteiger charge is 1.88. The van der Waals surface area contributed by atoms with Crippen LogP contribution < -0.4 is 10.1 Å². The first-order valence-corrected chi connectivity index (χ1v) is 2.86. The van der Waals surface area contributed by atoms with Gasteiger partial charge in [0.15, 0.2) is 0 Å². The molecule has 0 unspecified atom stereocenters. The lowest BCUT2D eigenvalue weighted by molar-refractivity contribution is 0.415. The number of benzene rings is 1. The predicted octanol–water partition coefficient (Wildman–Crippen LogP) is 1.74. The van der Waals surface area contributed by atoms with Gasteiger partial charge in [0.1, 0.15) is 5.75 Å². The fourth-order valence-corrected chi connectivity index (χ4v) is 0.528. The van der Waals surface area contributed by atoms with Crippen molar-refractivity contribution in [3.8, 4) is 5.75 Å². The lowest BCUT2D eigenvalue weighted by Crippen LogP contribution is -1.87. The molecule has 1 aromatic carbocycles. The molecule has 0 radical (unpaired) electrons. The average molecular weight is 141 g/mol. The van der Waals surface area contributed by atoms with Gasteiger partial charge in [-0.3, -0.25) is 0 Å². The minimum Gasteiger partial charge on any atom is -0.497 e. The van der Waals surface area contributed by atoms with Crippen molar-refractivity contribution in [2.24, 2.45) is 0 Å². The van der Waals surface area contributed by atoms with Crippen molar-refractivity contribution in [1.29, 1.82) is 0 Å². The van der Waals surface area contributed by atoms with Gasteiger partial charge in [0.25, 0.3) is 0 Å². The first kappa shape index (κ1) is 3.28. The molecule has 0 bridgehead atoms. The number of hydrogen-bond acceptors (Lipinski definition) is 2. The van der Waals surface area contributed by atoms with Gasteiger partial charge in [0.2, 0.25) is 0 Å². The molecule has 10 heavy (non-hydrogen) atoms. The molecule has 0 heterocycles. The summed E-state index contributed by atoms with van der Waals surface area (Å²) in [7, 11) is 2.88. The summed E-state index contributed by atoms with van der Waals surface area (Å²) in [5.41, 5.74) is 0.181. The number of anilines is 1. The van der Waals surface area contributed by atoms with Crippen molar-refractivity contribution < 1.29 is 10.2 Å². The summed E-state index contributed by atoms with van der Waals surface area (Å²) < 4.78 is 34.9. The first-order chi connectivity index (χ1) is 6.54. The van der Waals surface area contributed by atoms with E-state index in [0.717, 1.165) is 0 Å². The smallest absolute Gasteiger partial charge is 0.119 e. The molecule has 0 aliphatic rings. The molecule has 2 heteroatoms. The van der Waals surface area contributed by atoms with E-state index in [-0.39, 0.29) is 35.6 Å². The van der Waals surface area contributed by atoms with Crippen LogP contribution in [0.15, 0.2) is 24.2 Å². The lowest BCUT2D eigenvalue weighted by Gasteiger charge is -2.00. The van der Waals surface area contributed by atoms with Crippen LogP contribution in [0.25, 0.3) is 0 Å². The highest BCUT2D eigenvalue weighted by molar-refractivity contribution is 5.45. The number of methoxy groups -OCH3 is 1. The monoisotopic (exact) mass is 141 g/mol. The number of ether oxygens (including phenoxy) is 1. The maximum absolute atomic E-state index is 7.54. The molecular weight excluding hydrogens is 126 g/mol. The molecule has 54 valence electrons. The highest BCUT2D eigenvalue weighted by Crippen LogP contribution is 2.13. The van der Waals surface area contributed by atoms with Gasteiger partial charge >= 0.3 is 0 Å². The summed E-state index contributed by atoms with van der Waals surface area (Å²) in [6, 6.07) is -0.577. The predicted molar refractivity (Wildman–Crippen MR) is 42.5 cm³/mol. The van der Waals surface area contributed by atoms with E-state index >= 15 is 0 Å². The summed E-state index contributed by atoms with van der Waals surface area (Å²) in [5, 5.41) is 2.63. The Bertz CT molecular complexity index is 303. The van der Waals surface area contributed by atoms with Gasteiger partial charge in [-0.2, -0.15) is 0 Å². The Morgan fingerprint density at radius 1 is 1.40 bits per heavy atom.